The van der Waals surface area contributed by atoms with Crippen LogP contribution in [0.15, 0.2) is 18.2 Å². The Hall–Kier alpha value is -1.24. The van der Waals surface area contributed by atoms with Crippen molar-refractivity contribution in [1.82, 2.24) is 0 Å². The lowest BCUT2D eigenvalue weighted by atomic mass is 9.80. The molecule has 114 valence electrons. The average Bonchev–Trinajstić information content (AvgIpc) is 2.31. The molecule has 0 spiro atoms. The molecule has 2 nitrogen and oxygen atoms in total. The minimum atomic E-state index is -5.33. The van der Waals surface area contributed by atoms with Crippen LogP contribution in [0.4, 0.5) is 17.3 Å². The molecule has 0 saturated heterocycles. The maximum absolute atomic E-state index is 13.2. The summed E-state index contributed by atoms with van der Waals surface area (Å²) in [5.41, 5.74) is -1.23. The van der Waals surface area contributed by atoms with Gasteiger partial charge >= 0.3 is 6.98 Å². The molecule has 0 aliphatic heterocycles. The third-order valence-corrected chi connectivity index (χ3v) is 2.66. The normalized spacial score (nSPS) is 11.9. The van der Waals surface area contributed by atoms with Crippen molar-refractivity contribution in [2.75, 3.05) is 19.8 Å². The topological polar surface area (TPSA) is 18.5 Å². The highest BCUT2D eigenvalue weighted by atomic mass is 19.4. The summed E-state index contributed by atoms with van der Waals surface area (Å²) < 4.78 is 60.9. The molecule has 7 heteroatoms. The number of benzene rings is 1. The highest BCUT2D eigenvalue weighted by Gasteiger charge is 2.28. The summed E-state index contributed by atoms with van der Waals surface area (Å²) >= 11 is 0. The van der Waals surface area contributed by atoms with E-state index in [9.17, 15) is 17.3 Å². The zero-order valence-corrected chi connectivity index (χ0v) is 11.5. The quantitative estimate of drug-likeness (QED) is 0.416. The summed E-state index contributed by atoms with van der Waals surface area (Å²) in [6.07, 6.45) is 0.928. The maximum atomic E-state index is 13.2. The van der Waals surface area contributed by atoms with Crippen LogP contribution < -0.4 is 10.2 Å². The van der Waals surface area contributed by atoms with Gasteiger partial charge in [-0.3, -0.25) is 0 Å². The number of ether oxygens (including phenoxy) is 2. The van der Waals surface area contributed by atoms with Crippen LogP contribution in [-0.2, 0) is 4.74 Å². The fourth-order valence-corrected chi connectivity index (χ4v) is 1.50. The first-order valence-corrected chi connectivity index (χ1v) is 6.50. The lowest BCUT2D eigenvalue weighted by Gasteiger charge is -2.16. The van der Waals surface area contributed by atoms with Gasteiger partial charge in [0.25, 0.3) is 0 Å². The molecule has 0 unspecified atom stereocenters. The molecule has 0 radical (unpaired) electrons. The van der Waals surface area contributed by atoms with Crippen LogP contribution in [0.5, 0.6) is 5.75 Å². The molecule has 1 rings (SSSR count). The SMILES string of the molecule is CC(C)CCOCCOc1ccc([B-](F)(F)F)c(F)c1. The van der Waals surface area contributed by atoms with Crippen LogP contribution in [0, 0.1) is 11.7 Å². The molecule has 0 amide bonds. The first-order valence-electron chi connectivity index (χ1n) is 6.50. The Labute approximate surface area is 116 Å². The Morgan fingerprint density at radius 2 is 1.80 bits per heavy atom. The number of hydrogen-bond acceptors (Lipinski definition) is 2. The molecule has 0 N–H and O–H groups in total. The van der Waals surface area contributed by atoms with Crippen molar-refractivity contribution in [3.63, 3.8) is 0 Å². The van der Waals surface area contributed by atoms with Gasteiger partial charge in [0.15, 0.2) is 0 Å². The molecule has 0 fully saturated rings. The van der Waals surface area contributed by atoms with Crippen LogP contribution >= 0.6 is 0 Å². The summed E-state index contributed by atoms with van der Waals surface area (Å²) in [6.45, 7) is -0.0857. The first-order chi connectivity index (χ1) is 9.30. The van der Waals surface area contributed by atoms with Gasteiger partial charge in [0.2, 0.25) is 0 Å². The Kier molecular flexibility index (Phi) is 6.32. The van der Waals surface area contributed by atoms with E-state index in [1.165, 1.54) is 0 Å². The lowest BCUT2D eigenvalue weighted by Crippen LogP contribution is -2.36. The molecular weight excluding hydrogens is 275 g/mol. The van der Waals surface area contributed by atoms with Crippen LogP contribution in [0.3, 0.4) is 0 Å². The van der Waals surface area contributed by atoms with Gasteiger partial charge in [0, 0.05) is 12.7 Å². The molecule has 0 atom stereocenters. The maximum Gasteiger partial charge on any atom is 0.512 e. The third-order valence-electron chi connectivity index (χ3n) is 2.66. The van der Waals surface area contributed by atoms with Crippen LogP contribution in [0.2, 0.25) is 0 Å². The standard InChI is InChI=1S/C13H18BF4O2/c1-10(2)5-6-19-7-8-20-11-3-4-12(13(15)9-11)14(16,17)18/h3-4,9-10H,5-8H2,1-2H3/q-1. The van der Waals surface area contributed by atoms with Crippen LogP contribution in [-0.4, -0.2) is 26.8 Å². The molecule has 20 heavy (non-hydrogen) atoms. The van der Waals surface area contributed by atoms with Gasteiger partial charge in [0.05, 0.1) is 12.4 Å². The zero-order valence-electron chi connectivity index (χ0n) is 11.5. The van der Waals surface area contributed by atoms with Crippen LogP contribution in [0.1, 0.15) is 20.3 Å². The monoisotopic (exact) mass is 293 g/mol. The van der Waals surface area contributed by atoms with E-state index in [0.29, 0.717) is 25.2 Å². The molecule has 1 aromatic carbocycles. The van der Waals surface area contributed by atoms with E-state index >= 15 is 0 Å². The van der Waals surface area contributed by atoms with E-state index in [0.717, 1.165) is 18.6 Å². The molecule has 0 aliphatic carbocycles. The van der Waals surface area contributed by atoms with Crippen molar-refractivity contribution in [2.24, 2.45) is 5.92 Å². The molecule has 0 heterocycles. The van der Waals surface area contributed by atoms with Crippen molar-refractivity contribution in [3.8, 4) is 5.75 Å². The van der Waals surface area contributed by atoms with Crippen molar-refractivity contribution in [3.05, 3.63) is 24.0 Å². The fraction of sp³-hybridized carbons (Fsp3) is 0.538. The first kappa shape index (κ1) is 16.8. The van der Waals surface area contributed by atoms with E-state index in [4.69, 9.17) is 9.47 Å². The van der Waals surface area contributed by atoms with Gasteiger partial charge in [-0.2, -0.15) is 0 Å². The van der Waals surface area contributed by atoms with E-state index in [1.54, 1.807) is 0 Å². The fourth-order valence-electron chi connectivity index (χ4n) is 1.50. The summed E-state index contributed by atoms with van der Waals surface area (Å²) in [6, 6.07) is 2.56. The van der Waals surface area contributed by atoms with Crippen molar-refractivity contribution < 1.29 is 26.8 Å². The summed E-state index contributed by atoms with van der Waals surface area (Å²) in [4.78, 5) is 0. The highest BCUT2D eigenvalue weighted by Crippen LogP contribution is 2.16. The van der Waals surface area contributed by atoms with Gasteiger partial charge in [-0.15, -0.1) is 0 Å². The van der Waals surface area contributed by atoms with Gasteiger partial charge in [-0.25, -0.2) is 4.39 Å². The van der Waals surface area contributed by atoms with Crippen molar-refractivity contribution in [1.29, 1.82) is 0 Å². The summed E-state index contributed by atoms with van der Waals surface area (Å²) in [5.74, 6) is -0.698. The second-order valence-electron chi connectivity index (χ2n) is 4.90. The highest BCUT2D eigenvalue weighted by molar-refractivity contribution is 6.73. The average molecular weight is 293 g/mol. The van der Waals surface area contributed by atoms with E-state index in [-0.39, 0.29) is 12.4 Å². The predicted octanol–water partition coefficient (Wildman–Crippen LogP) is 3.32. The molecular formula is C13H18BF4O2-. The third kappa shape index (κ3) is 5.82. The molecule has 1 aromatic rings. The van der Waals surface area contributed by atoms with Crippen molar-refractivity contribution >= 4 is 12.4 Å². The molecule has 0 aromatic heterocycles. The van der Waals surface area contributed by atoms with E-state index < -0.39 is 18.3 Å². The van der Waals surface area contributed by atoms with E-state index in [1.807, 2.05) is 0 Å². The van der Waals surface area contributed by atoms with Gasteiger partial charge in [0.1, 0.15) is 12.4 Å². The predicted molar refractivity (Wildman–Crippen MR) is 70.9 cm³/mol. The summed E-state index contributed by atoms with van der Waals surface area (Å²) in [5, 5.41) is 0. The smallest absolute Gasteiger partial charge is 0.491 e. The zero-order chi connectivity index (χ0) is 15.2. The lowest BCUT2D eigenvalue weighted by molar-refractivity contribution is 0.0925. The Morgan fingerprint density at radius 1 is 1.10 bits per heavy atom. The number of rotatable bonds is 8. The Morgan fingerprint density at radius 3 is 2.35 bits per heavy atom. The number of halogens is 4. The Balaban J connectivity index is 2.37. The second kappa shape index (κ2) is 7.52. The Bertz CT molecular complexity index is 421. The van der Waals surface area contributed by atoms with Gasteiger partial charge in [-0.05, 0) is 18.4 Å². The largest absolute Gasteiger partial charge is 0.512 e. The van der Waals surface area contributed by atoms with Crippen LogP contribution in [0.25, 0.3) is 0 Å². The minimum absolute atomic E-state index is 0.0683. The van der Waals surface area contributed by atoms with Gasteiger partial charge in [-0.1, -0.05) is 25.4 Å². The second-order valence-corrected chi connectivity index (χ2v) is 4.90. The van der Waals surface area contributed by atoms with E-state index in [2.05, 4.69) is 13.8 Å². The molecule has 0 bridgehead atoms. The molecule has 0 saturated carbocycles. The van der Waals surface area contributed by atoms with Gasteiger partial charge < -0.3 is 22.4 Å². The van der Waals surface area contributed by atoms with Crippen molar-refractivity contribution in [2.45, 2.75) is 20.3 Å². The minimum Gasteiger partial charge on any atom is -0.491 e. The summed E-state index contributed by atoms with van der Waals surface area (Å²) in [7, 11) is 0. The molecule has 0 aliphatic rings. The number of hydrogen-bond donors (Lipinski definition) is 0.